The van der Waals surface area contributed by atoms with Crippen LogP contribution in [0.15, 0.2) is 78.0 Å². The summed E-state index contributed by atoms with van der Waals surface area (Å²) in [6.07, 6.45) is 5.84. The van der Waals surface area contributed by atoms with Crippen LogP contribution in [0.1, 0.15) is 36.5 Å². The molecule has 3 rings (SSSR count). The lowest BCUT2D eigenvalue weighted by molar-refractivity contribution is 0.117. The van der Waals surface area contributed by atoms with Crippen LogP contribution in [-0.2, 0) is 24.4 Å². The summed E-state index contributed by atoms with van der Waals surface area (Å²) in [4.78, 5) is 4.78. The third-order valence-corrected chi connectivity index (χ3v) is 4.88. The van der Waals surface area contributed by atoms with E-state index in [9.17, 15) is 0 Å². The first-order chi connectivity index (χ1) is 15.3. The van der Waals surface area contributed by atoms with Gasteiger partial charge >= 0.3 is 0 Å². The zero-order chi connectivity index (χ0) is 21.6. The molecule has 1 heterocycles. The minimum absolute atomic E-state index is 0. The van der Waals surface area contributed by atoms with Crippen molar-refractivity contribution in [1.29, 1.82) is 0 Å². The molecule has 1 aromatic heterocycles. The Kier molecular flexibility index (Phi) is 12.5. The fourth-order valence-corrected chi connectivity index (χ4v) is 3.24. The summed E-state index contributed by atoms with van der Waals surface area (Å²) >= 11 is 0. The van der Waals surface area contributed by atoms with Crippen molar-refractivity contribution < 1.29 is 4.74 Å². The number of unbranched alkanes of at least 4 members (excludes halogenated alkanes) is 1. The number of halogens is 1. The molecule has 0 saturated carbocycles. The lowest BCUT2D eigenvalue weighted by Gasteiger charge is -2.13. The first-order valence-electron chi connectivity index (χ1n) is 11.0. The molecule has 0 bridgehead atoms. The molecular weight excluding hydrogens is 513 g/mol. The van der Waals surface area contributed by atoms with Gasteiger partial charge in [-0.3, -0.25) is 4.68 Å². The van der Waals surface area contributed by atoms with Gasteiger partial charge in [-0.05, 0) is 42.5 Å². The zero-order valence-electron chi connectivity index (χ0n) is 18.7. The van der Waals surface area contributed by atoms with Crippen LogP contribution in [0.3, 0.4) is 0 Å². The van der Waals surface area contributed by atoms with Crippen LogP contribution in [0, 0.1) is 0 Å². The molecule has 0 saturated heterocycles. The van der Waals surface area contributed by atoms with Crippen LogP contribution in [0.4, 0.5) is 0 Å². The van der Waals surface area contributed by atoms with Crippen molar-refractivity contribution in [2.45, 2.75) is 39.5 Å². The van der Waals surface area contributed by atoms with Crippen LogP contribution in [0.5, 0.6) is 0 Å². The average molecular weight is 547 g/mol. The first-order valence-corrected chi connectivity index (χ1v) is 11.0. The summed E-state index contributed by atoms with van der Waals surface area (Å²) < 4.78 is 7.69. The molecule has 2 aromatic carbocycles. The fraction of sp³-hybridized carbons (Fsp3) is 0.360. The quantitative estimate of drug-likeness (QED) is 0.151. The molecule has 0 amide bonds. The Morgan fingerprint density at radius 3 is 2.50 bits per heavy atom. The van der Waals surface area contributed by atoms with E-state index in [0.717, 1.165) is 45.0 Å². The maximum absolute atomic E-state index is 5.75. The highest BCUT2D eigenvalue weighted by Gasteiger charge is 2.04. The Hall–Kier alpha value is -2.39. The van der Waals surface area contributed by atoms with Crippen LogP contribution in [0.25, 0.3) is 0 Å². The highest BCUT2D eigenvalue weighted by Crippen LogP contribution is 2.11. The molecular formula is C25H34IN5O. The van der Waals surface area contributed by atoms with Gasteiger partial charge in [0.25, 0.3) is 0 Å². The third kappa shape index (κ3) is 9.40. The highest BCUT2D eigenvalue weighted by atomic mass is 127. The Morgan fingerprint density at radius 1 is 0.969 bits per heavy atom. The molecule has 0 fully saturated rings. The predicted octanol–water partition coefficient (Wildman–Crippen LogP) is 4.60. The number of aliphatic imine (C=N–C) groups is 1. The summed E-state index contributed by atoms with van der Waals surface area (Å²) in [6, 6.07) is 20.6. The molecule has 6 nitrogen and oxygen atoms in total. The first kappa shape index (κ1) is 25.9. The third-order valence-electron chi connectivity index (χ3n) is 4.88. The second kappa shape index (κ2) is 15.4. The standard InChI is InChI=1S/C25H33N5O.HI/c1-2-26-25(27-15-8-9-18-31-21-22-11-4-3-5-12-22)28-19-23-13-6-7-14-24(23)20-30-17-10-16-29-30;/h3-7,10-14,16-17H,2,8-9,15,18-21H2,1H3,(H2,26,27,28);1H. The number of guanidine groups is 1. The number of hydrogen-bond acceptors (Lipinski definition) is 3. The Balaban J connectivity index is 0.00000363. The largest absolute Gasteiger partial charge is 0.377 e. The van der Waals surface area contributed by atoms with Gasteiger partial charge < -0.3 is 15.4 Å². The van der Waals surface area contributed by atoms with Crippen molar-refractivity contribution in [3.05, 3.63) is 89.7 Å². The number of hydrogen-bond donors (Lipinski definition) is 2. The van der Waals surface area contributed by atoms with E-state index in [0.29, 0.717) is 13.2 Å². The summed E-state index contributed by atoms with van der Waals surface area (Å²) in [6.45, 7) is 6.62. The van der Waals surface area contributed by atoms with E-state index >= 15 is 0 Å². The monoisotopic (exact) mass is 547 g/mol. The van der Waals surface area contributed by atoms with Gasteiger partial charge in [-0.2, -0.15) is 5.10 Å². The Bertz CT molecular complexity index is 900. The molecule has 172 valence electrons. The maximum atomic E-state index is 5.75. The van der Waals surface area contributed by atoms with Gasteiger partial charge in [0.2, 0.25) is 0 Å². The normalized spacial score (nSPS) is 11.1. The lowest BCUT2D eigenvalue weighted by Crippen LogP contribution is -2.37. The smallest absolute Gasteiger partial charge is 0.191 e. The van der Waals surface area contributed by atoms with Gasteiger partial charge in [0.05, 0.1) is 19.7 Å². The molecule has 2 N–H and O–H groups in total. The highest BCUT2D eigenvalue weighted by molar-refractivity contribution is 14.0. The van der Waals surface area contributed by atoms with Gasteiger partial charge in [0, 0.05) is 32.1 Å². The SMILES string of the molecule is CCNC(=NCc1ccccc1Cn1cccn1)NCCCCOCc1ccccc1.I. The lowest BCUT2D eigenvalue weighted by atomic mass is 10.1. The Labute approximate surface area is 208 Å². The van der Waals surface area contributed by atoms with E-state index in [4.69, 9.17) is 9.73 Å². The number of ether oxygens (including phenoxy) is 1. The molecule has 0 aliphatic carbocycles. The Morgan fingerprint density at radius 2 is 1.75 bits per heavy atom. The van der Waals surface area contributed by atoms with E-state index in [2.05, 4.69) is 59.1 Å². The van der Waals surface area contributed by atoms with Crippen molar-refractivity contribution in [2.75, 3.05) is 19.7 Å². The number of aromatic nitrogens is 2. The molecule has 3 aromatic rings. The molecule has 0 atom stereocenters. The fourth-order valence-electron chi connectivity index (χ4n) is 3.24. The van der Waals surface area contributed by atoms with Crippen molar-refractivity contribution in [2.24, 2.45) is 4.99 Å². The number of nitrogens with one attached hydrogen (secondary N) is 2. The van der Waals surface area contributed by atoms with E-state index in [1.807, 2.05) is 35.1 Å². The van der Waals surface area contributed by atoms with E-state index in [-0.39, 0.29) is 24.0 Å². The van der Waals surface area contributed by atoms with Crippen LogP contribution < -0.4 is 10.6 Å². The summed E-state index contributed by atoms with van der Waals surface area (Å²) in [7, 11) is 0. The summed E-state index contributed by atoms with van der Waals surface area (Å²) in [5.41, 5.74) is 3.67. The minimum atomic E-state index is 0. The van der Waals surface area contributed by atoms with E-state index < -0.39 is 0 Å². The van der Waals surface area contributed by atoms with Crippen LogP contribution in [-0.4, -0.2) is 35.4 Å². The van der Waals surface area contributed by atoms with E-state index in [1.54, 1.807) is 6.20 Å². The van der Waals surface area contributed by atoms with Crippen molar-refractivity contribution >= 4 is 29.9 Å². The number of nitrogens with zero attached hydrogens (tertiary/aromatic N) is 3. The minimum Gasteiger partial charge on any atom is -0.377 e. The molecule has 0 aliphatic rings. The van der Waals surface area contributed by atoms with Crippen LogP contribution in [0.2, 0.25) is 0 Å². The molecule has 7 heteroatoms. The van der Waals surface area contributed by atoms with Crippen molar-refractivity contribution in [3.8, 4) is 0 Å². The molecule has 0 radical (unpaired) electrons. The number of benzene rings is 2. The molecule has 32 heavy (non-hydrogen) atoms. The van der Waals surface area contributed by atoms with Crippen LogP contribution >= 0.6 is 24.0 Å². The van der Waals surface area contributed by atoms with Gasteiger partial charge in [-0.1, -0.05) is 54.6 Å². The van der Waals surface area contributed by atoms with Crippen molar-refractivity contribution in [3.63, 3.8) is 0 Å². The topological polar surface area (TPSA) is 63.5 Å². The van der Waals surface area contributed by atoms with Gasteiger partial charge in [-0.25, -0.2) is 4.99 Å². The number of rotatable bonds is 12. The average Bonchev–Trinajstić information content (AvgIpc) is 3.31. The second-order valence-electron chi connectivity index (χ2n) is 7.34. The molecule has 0 aliphatic heterocycles. The van der Waals surface area contributed by atoms with Gasteiger partial charge in [-0.15, -0.1) is 24.0 Å². The summed E-state index contributed by atoms with van der Waals surface area (Å²) in [5, 5.41) is 11.1. The maximum Gasteiger partial charge on any atom is 0.191 e. The zero-order valence-corrected chi connectivity index (χ0v) is 21.1. The summed E-state index contributed by atoms with van der Waals surface area (Å²) in [5.74, 6) is 0.849. The predicted molar refractivity (Wildman–Crippen MR) is 141 cm³/mol. The van der Waals surface area contributed by atoms with Gasteiger partial charge in [0.15, 0.2) is 5.96 Å². The van der Waals surface area contributed by atoms with Crippen molar-refractivity contribution in [1.82, 2.24) is 20.4 Å². The van der Waals surface area contributed by atoms with Gasteiger partial charge in [0.1, 0.15) is 0 Å². The molecule has 0 unspecified atom stereocenters. The second-order valence-corrected chi connectivity index (χ2v) is 7.34. The van der Waals surface area contributed by atoms with E-state index in [1.165, 1.54) is 16.7 Å². The molecule has 0 spiro atoms.